The molecule has 0 spiro atoms. The first kappa shape index (κ1) is 12.5. The van der Waals surface area contributed by atoms with Crippen molar-refractivity contribution in [3.05, 3.63) is 17.4 Å². The van der Waals surface area contributed by atoms with Gasteiger partial charge in [-0.2, -0.15) is 5.10 Å². The number of hydrogen-bond donors (Lipinski definition) is 2. The summed E-state index contributed by atoms with van der Waals surface area (Å²) in [5, 5.41) is 19.5. The third-order valence-corrected chi connectivity index (χ3v) is 4.28. The van der Waals surface area contributed by atoms with Gasteiger partial charge in [-0.05, 0) is 24.7 Å². The van der Waals surface area contributed by atoms with Gasteiger partial charge >= 0.3 is 6.09 Å². The Morgan fingerprint density at radius 3 is 2.68 bits per heavy atom. The predicted octanol–water partition coefficient (Wildman–Crippen LogP) is 1.61. The van der Waals surface area contributed by atoms with Gasteiger partial charge in [-0.25, -0.2) is 4.79 Å². The molecule has 0 aromatic carbocycles. The molecule has 19 heavy (non-hydrogen) atoms. The van der Waals surface area contributed by atoms with E-state index in [0.717, 1.165) is 31.6 Å². The molecule has 6 nitrogen and oxygen atoms in total. The first-order valence-electron chi connectivity index (χ1n) is 6.36. The molecule has 1 aromatic rings. The molecule has 1 amide bonds. The fraction of sp³-hybridized carbons (Fsp3) is 0.583. The van der Waals surface area contributed by atoms with E-state index in [1.807, 2.05) is 0 Å². The largest absolute Gasteiger partial charge is 0.465 e. The van der Waals surface area contributed by atoms with E-state index < -0.39 is 6.09 Å². The Hall–Kier alpha value is -1.56. The smallest absolute Gasteiger partial charge is 0.404 e. The maximum absolute atomic E-state index is 10.8. The molecule has 3 rings (SSSR count). The van der Waals surface area contributed by atoms with Crippen LogP contribution in [0, 0.1) is 11.8 Å². The van der Waals surface area contributed by atoms with Gasteiger partial charge in [0.2, 0.25) is 0 Å². The Morgan fingerprint density at radius 2 is 2.11 bits per heavy atom. The third-order valence-electron chi connectivity index (χ3n) is 4.10. The van der Waals surface area contributed by atoms with Crippen LogP contribution >= 0.6 is 11.6 Å². The quantitative estimate of drug-likeness (QED) is 0.862. The molecule has 1 aliphatic carbocycles. The highest BCUT2D eigenvalue weighted by Gasteiger charge is 2.42. The first-order chi connectivity index (χ1) is 9.13. The average molecular weight is 283 g/mol. The molecule has 0 radical (unpaired) electrons. The molecular formula is C12H15ClN4O2. The Bertz CT molecular complexity index is 484. The molecular weight excluding hydrogens is 268 g/mol. The normalized spacial score (nSPS) is 29.3. The highest BCUT2D eigenvalue weighted by Crippen LogP contribution is 2.38. The summed E-state index contributed by atoms with van der Waals surface area (Å²) in [5.41, 5.74) is 0.964. The Balaban J connectivity index is 1.75. The number of nitrogens with zero attached hydrogens (tertiary/aromatic N) is 3. The van der Waals surface area contributed by atoms with Gasteiger partial charge in [0.1, 0.15) is 0 Å². The average Bonchev–Trinajstić information content (AvgIpc) is 2.61. The summed E-state index contributed by atoms with van der Waals surface area (Å²) in [7, 11) is 0. The maximum atomic E-state index is 10.8. The lowest BCUT2D eigenvalue weighted by atomic mass is 9.92. The van der Waals surface area contributed by atoms with Crippen molar-refractivity contribution >= 4 is 23.4 Å². The Morgan fingerprint density at radius 1 is 1.42 bits per heavy atom. The van der Waals surface area contributed by atoms with Crippen molar-refractivity contribution in [2.24, 2.45) is 11.8 Å². The summed E-state index contributed by atoms with van der Waals surface area (Å²) < 4.78 is 0. The van der Waals surface area contributed by atoms with E-state index >= 15 is 0 Å². The van der Waals surface area contributed by atoms with Crippen molar-refractivity contribution in [1.29, 1.82) is 0 Å². The van der Waals surface area contributed by atoms with Gasteiger partial charge in [0.05, 0.1) is 11.9 Å². The van der Waals surface area contributed by atoms with Crippen molar-refractivity contribution < 1.29 is 9.90 Å². The number of halogens is 1. The highest BCUT2D eigenvalue weighted by molar-refractivity contribution is 6.29. The lowest BCUT2D eigenvalue weighted by molar-refractivity contribution is 0.178. The van der Waals surface area contributed by atoms with E-state index in [2.05, 4.69) is 20.4 Å². The van der Waals surface area contributed by atoms with Gasteiger partial charge in [0, 0.05) is 25.2 Å². The van der Waals surface area contributed by atoms with Crippen molar-refractivity contribution in [3.8, 4) is 0 Å². The minimum Gasteiger partial charge on any atom is -0.465 e. The molecule has 7 heteroatoms. The van der Waals surface area contributed by atoms with Crippen LogP contribution < -0.4 is 10.2 Å². The molecule has 1 aliphatic heterocycles. The maximum Gasteiger partial charge on any atom is 0.404 e. The van der Waals surface area contributed by atoms with Crippen LogP contribution in [0.1, 0.15) is 12.8 Å². The number of rotatable bonds is 2. The minimum absolute atomic E-state index is 0.0824. The highest BCUT2D eigenvalue weighted by atomic mass is 35.5. The standard InChI is InChI=1S/C12H15ClN4O2/c13-10-3-9(4-14-16-10)17-5-7-1-2-8(6-17)11(7)15-12(18)19/h3-4,7-8,11,15H,1-2,5-6H2,(H,18,19). The number of amides is 1. The van der Waals surface area contributed by atoms with Crippen LogP contribution in [0.5, 0.6) is 0 Å². The SMILES string of the molecule is O=C(O)NC1C2CCC1CN(c1cnnc(Cl)c1)C2. The number of fused-ring (bicyclic) bond motifs is 2. The number of carbonyl (C=O) groups is 1. The zero-order valence-corrected chi connectivity index (χ0v) is 11.0. The van der Waals surface area contributed by atoms with Crippen LogP contribution in [0.3, 0.4) is 0 Å². The molecule has 1 aromatic heterocycles. The van der Waals surface area contributed by atoms with Gasteiger partial charge in [0.15, 0.2) is 5.15 Å². The van der Waals surface area contributed by atoms with Gasteiger partial charge in [0.25, 0.3) is 0 Å². The van der Waals surface area contributed by atoms with Crippen molar-refractivity contribution in [2.45, 2.75) is 18.9 Å². The van der Waals surface area contributed by atoms with E-state index in [9.17, 15) is 4.79 Å². The van der Waals surface area contributed by atoms with Crippen LogP contribution in [0.2, 0.25) is 5.15 Å². The van der Waals surface area contributed by atoms with Crippen LogP contribution in [0.15, 0.2) is 12.3 Å². The zero-order chi connectivity index (χ0) is 13.4. The lowest BCUT2D eigenvalue weighted by Crippen LogP contribution is -2.52. The summed E-state index contributed by atoms with van der Waals surface area (Å²) in [6.07, 6.45) is 2.91. The third kappa shape index (κ3) is 2.45. The lowest BCUT2D eigenvalue weighted by Gasteiger charge is -2.38. The second-order valence-corrected chi connectivity index (χ2v) is 5.60. The van der Waals surface area contributed by atoms with Gasteiger partial charge in [-0.15, -0.1) is 5.10 Å². The monoisotopic (exact) mass is 282 g/mol. The zero-order valence-electron chi connectivity index (χ0n) is 10.3. The number of aromatic nitrogens is 2. The molecule has 2 atom stereocenters. The number of carboxylic acid groups (broad SMARTS) is 1. The van der Waals surface area contributed by atoms with Crippen LogP contribution in [-0.4, -0.2) is 40.5 Å². The van der Waals surface area contributed by atoms with Crippen molar-refractivity contribution in [3.63, 3.8) is 0 Å². The molecule has 1 saturated carbocycles. The molecule has 2 aliphatic rings. The number of hydrogen-bond acceptors (Lipinski definition) is 4. The number of anilines is 1. The topological polar surface area (TPSA) is 78.4 Å². The van der Waals surface area contributed by atoms with E-state index in [4.69, 9.17) is 16.7 Å². The summed E-state index contributed by atoms with van der Waals surface area (Å²) in [6, 6.07) is 1.89. The van der Waals surface area contributed by atoms with E-state index in [1.165, 1.54) is 0 Å². The van der Waals surface area contributed by atoms with Gasteiger partial charge in [-0.3, -0.25) is 0 Å². The van der Waals surface area contributed by atoms with Crippen LogP contribution in [0.4, 0.5) is 10.5 Å². The summed E-state index contributed by atoms with van der Waals surface area (Å²) >= 11 is 5.86. The summed E-state index contributed by atoms with van der Waals surface area (Å²) in [5.74, 6) is 0.726. The second-order valence-electron chi connectivity index (χ2n) is 5.21. The van der Waals surface area contributed by atoms with E-state index in [-0.39, 0.29) is 6.04 Å². The molecule has 2 bridgehead atoms. The van der Waals surface area contributed by atoms with E-state index in [1.54, 1.807) is 12.3 Å². The minimum atomic E-state index is -0.927. The van der Waals surface area contributed by atoms with Crippen LogP contribution in [-0.2, 0) is 0 Å². The Kier molecular flexibility index (Phi) is 3.18. The fourth-order valence-corrected chi connectivity index (χ4v) is 3.47. The molecule has 2 unspecified atom stereocenters. The number of piperidine rings is 1. The number of nitrogens with one attached hydrogen (secondary N) is 1. The van der Waals surface area contributed by atoms with E-state index in [0.29, 0.717) is 17.0 Å². The molecule has 2 heterocycles. The molecule has 2 N–H and O–H groups in total. The molecule has 102 valence electrons. The predicted molar refractivity (Wildman–Crippen MR) is 70.4 cm³/mol. The van der Waals surface area contributed by atoms with Gasteiger partial charge < -0.3 is 15.3 Å². The second kappa shape index (κ2) is 4.85. The summed E-state index contributed by atoms with van der Waals surface area (Å²) in [4.78, 5) is 13.0. The molecule has 2 fully saturated rings. The van der Waals surface area contributed by atoms with Crippen molar-refractivity contribution in [2.75, 3.05) is 18.0 Å². The van der Waals surface area contributed by atoms with Gasteiger partial charge in [-0.1, -0.05) is 11.6 Å². The fourth-order valence-electron chi connectivity index (χ4n) is 3.32. The van der Waals surface area contributed by atoms with Crippen molar-refractivity contribution in [1.82, 2.24) is 15.5 Å². The summed E-state index contributed by atoms with van der Waals surface area (Å²) in [6.45, 7) is 1.67. The van der Waals surface area contributed by atoms with Crippen LogP contribution in [0.25, 0.3) is 0 Å². The first-order valence-corrected chi connectivity index (χ1v) is 6.74. The molecule has 1 saturated heterocycles. The Labute approximate surface area is 115 Å².